The van der Waals surface area contributed by atoms with Crippen LogP contribution in [0, 0.1) is 11.3 Å². The summed E-state index contributed by atoms with van der Waals surface area (Å²) in [5, 5.41) is 9.87. The van der Waals surface area contributed by atoms with Gasteiger partial charge in [0, 0.05) is 11.3 Å². The maximum Gasteiger partial charge on any atom is 0.143 e. The van der Waals surface area contributed by atoms with E-state index in [1.54, 1.807) is 11.3 Å². The molecule has 1 aromatic rings. The molecule has 1 unspecified atom stereocenters. The summed E-state index contributed by atoms with van der Waals surface area (Å²) in [6, 6.07) is 5.98. The molecule has 2 nitrogen and oxygen atoms in total. The molecular weight excluding hydrogens is 206 g/mol. The normalized spacial score (nSPS) is 12.3. The highest BCUT2D eigenvalue weighted by molar-refractivity contribution is 7.09. The van der Waals surface area contributed by atoms with Crippen LogP contribution in [0.5, 0.6) is 0 Å². The molecule has 0 aliphatic rings. The van der Waals surface area contributed by atoms with Crippen molar-refractivity contribution in [3.05, 3.63) is 22.4 Å². The number of nitrogens with zero attached hydrogens (tertiary/aromatic N) is 1. The van der Waals surface area contributed by atoms with Gasteiger partial charge in [0.05, 0.1) is 19.3 Å². The Morgan fingerprint density at radius 1 is 1.69 bits per heavy atom. The third kappa shape index (κ3) is 4.28. The second-order valence-electron chi connectivity index (χ2n) is 2.50. The van der Waals surface area contributed by atoms with Gasteiger partial charge in [-0.1, -0.05) is 6.07 Å². The van der Waals surface area contributed by atoms with Gasteiger partial charge in [0.2, 0.25) is 0 Å². The molecule has 0 N–H and O–H groups in total. The van der Waals surface area contributed by atoms with Crippen LogP contribution in [-0.4, -0.2) is 18.6 Å². The van der Waals surface area contributed by atoms with Gasteiger partial charge >= 0.3 is 0 Å². The minimum absolute atomic E-state index is 0.309. The van der Waals surface area contributed by atoms with Crippen LogP contribution in [0.1, 0.15) is 4.88 Å². The number of rotatable bonds is 5. The number of ether oxygens (including phenoxy) is 1. The van der Waals surface area contributed by atoms with E-state index in [2.05, 4.69) is 6.07 Å². The van der Waals surface area contributed by atoms with Gasteiger partial charge in [-0.05, 0) is 11.4 Å². The average Bonchev–Trinajstić information content (AvgIpc) is 2.64. The van der Waals surface area contributed by atoms with Crippen LogP contribution in [0.25, 0.3) is 0 Å². The second kappa shape index (κ2) is 5.98. The Bertz CT molecular complexity index is 268. The van der Waals surface area contributed by atoms with Crippen molar-refractivity contribution in [3.8, 4) is 6.07 Å². The van der Waals surface area contributed by atoms with Gasteiger partial charge < -0.3 is 4.74 Å². The van der Waals surface area contributed by atoms with Gasteiger partial charge in [-0.15, -0.1) is 22.9 Å². The van der Waals surface area contributed by atoms with E-state index in [0.29, 0.717) is 13.2 Å². The van der Waals surface area contributed by atoms with Crippen LogP contribution in [0.4, 0.5) is 0 Å². The van der Waals surface area contributed by atoms with Crippen LogP contribution >= 0.6 is 22.9 Å². The molecule has 13 heavy (non-hydrogen) atoms. The molecule has 0 fully saturated rings. The molecule has 70 valence electrons. The molecule has 0 amide bonds. The molecule has 0 aromatic carbocycles. The van der Waals surface area contributed by atoms with E-state index in [1.807, 2.05) is 17.5 Å². The van der Waals surface area contributed by atoms with E-state index in [4.69, 9.17) is 21.6 Å². The highest BCUT2D eigenvalue weighted by Crippen LogP contribution is 2.09. The van der Waals surface area contributed by atoms with Crippen LogP contribution < -0.4 is 0 Å². The maximum absolute atomic E-state index is 8.36. The molecule has 1 heterocycles. The number of hydrogen-bond donors (Lipinski definition) is 0. The third-order valence-electron chi connectivity index (χ3n) is 1.48. The van der Waals surface area contributed by atoms with E-state index in [-0.39, 0.29) is 0 Å². The number of halogens is 1. The molecular formula is C9H10ClNOS. The minimum Gasteiger partial charge on any atom is -0.378 e. The standard InChI is InChI=1S/C9H10ClNOS/c10-8(6-11)7-12-4-3-9-2-1-5-13-9/h1-2,5,8H,3-4,7H2. The first-order valence-corrected chi connectivity index (χ1v) is 5.28. The Labute approximate surface area is 86.7 Å². The van der Waals surface area contributed by atoms with E-state index >= 15 is 0 Å². The first-order chi connectivity index (χ1) is 6.33. The Balaban J connectivity index is 2.06. The lowest BCUT2D eigenvalue weighted by Gasteiger charge is -2.02. The maximum atomic E-state index is 8.36. The fourth-order valence-corrected chi connectivity index (χ4v) is 1.63. The highest BCUT2D eigenvalue weighted by Gasteiger charge is 2.01. The van der Waals surface area contributed by atoms with E-state index in [9.17, 15) is 0 Å². The highest BCUT2D eigenvalue weighted by atomic mass is 35.5. The Hall–Kier alpha value is -0.560. The van der Waals surface area contributed by atoms with Gasteiger partial charge in [-0.25, -0.2) is 0 Å². The van der Waals surface area contributed by atoms with Gasteiger partial charge in [-0.3, -0.25) is 0 Å². The van der Waals surface area contributed by atoms with E-state index < -0.39 is 5.38 Å². The van der Waals surface area contributed by atoms with Crippen molar-refractivity contribution in [3.63, 3.8) is 0 Å². The molecule has 0 aliphatic carbocycles. The topological polar surface area (TPSA) is 33.0 Å². The monoisotopic (exact) mass is 215 g/mol. The van der Waals surface area contributed by atoms with Gasteiger partial charge in [-0.2, -0.15) is 5.26 Å². The summed E-state index contributed by atoms with van der Waals surface area (Å²) in [5.74, 6) is 0. The average molecular weight is 216 g/mol. The van der Waals surface area contributed by atoms with Crippen molar-refractivity contribution in [1.29, 1.82) is 5.26 Å². The zero-order valence-corrected chi connectivity index (χ0v) is 8.64. The van der Waals surface area contributed by atoms with Crippen LogP contribution in [0.3, 0.4) is 0 Å². The number of alkyl halides is 1. The summed E-state index contributed by atoms with van der Waals surface area (Å²) < 4.78 is 5.21. The van der Waals surface area contributed by atoms with Gasteiger partial charge in [0.15, 0.2) is 0 Å². The molecule has 0 spiro atoms. The first kappa shape index (κ1) is 10.5. The van der Waals surface area contributed by atoms with Crippen molar-refractivity contribution in [1.82, 2.24) is 0 Å². The lowest BCUT2D eigenvalue weighted by atomic mass is 10.4. The molecule has 0 bridgehead atoms. The summed E-state index contributed by atoms with van der Waals surface area (Å²) in [4.78, 5) is 1.29. The van der Waals surface area contributed by atoms with Crippen LogP contribution in [-0.2, 0) is 11.2 Å². The van der Waals surface area contributed by atoms with Crippen LogP contribution in [0.15, 0.2) is 17.5 Å². The molecule has 1 aromatic heterocycles. The van der Waals surface area contributed by atoms with Crippen molar-refractivity contribution in [2.24, 2.45) is 0 Å². The molecule has 0 saturated heterocycles. The summed E-state index contributed by atoms with van der Waals surface area (Å²) >= 11 is 7.25. The van der Waals surface area contributed by atoms with Crippen molar-refractivity contribution >= 4 is 22.9 Å². The molecule has 4 heteroatoms. The first-order valence-electron chi connectivity index (χ1n) is 3.96. The van der Waals surface area contributed by atoms with Crippen molar-refractivity contribution < 1.29 is 4.74 Å². The second-order valence-corrected chi connectivity index (χ2v) is 4.06. The summed E-state index contributed by atoms with van der Waals surface area (Å²) in [7, 11) is 0. The smallest absolute Gasteiger partial charge is 0.143 e. The fourth-order valence-electron chi connectivity index (χ4n) is 0.852. The molecule has 0 saturated carbocycles. The third-order valence-corrected chi connectivity index (χ3v) is 2.64. The predicted octanol–water partition coefficient (Wildman–Crippen LogP) is 2.44. The lowest BCUT2D eigenvalue weighted by molar-refractivity contribution is 0.145. The SMILES string of the molecule is N#CC(Cl)COCCc1cccs1. The minimum atomic E-state index is -0.525. The predicted molar refractivity (Wildman–Crippen MR) is 54.1 cm³/mol. The van der Waals surface area contributed by atoms with Crippen LogP contribution in [0.2, 0.25) is 0 Å². The zero-order valence-electron chi connectivity index (χ0n) is 7.07. The molecule has 1 atom stereocenters. The molecule has 0 aliphatic heterocycles. The number of thiophene rings is 1. The molecule has 1 rings (SSSR count). The zero-order chi connectivity index (χ0) is 9.52. The Kier molecular flexibility index (Phi) is 4.84. The van der Waals surface area contributed by atoms with Crippen molar-refractivity contribution in [2.75, 3.05) is 13.2 Å². The number of hydrogen-bond acceptors (Lipinski definition) is 3. The largest absolute Gasteiger partial charge is 0.378 e. The fraction of sp³-hybridized carbons (Fsp3) is 0.444. The van der Waals surface area contributed by atoms with Crippen molar-refractivity contribution in [2.45, 2.75) is 11.8 Å². The summed E-state index contributed by atoms with van der Waals surface area (Å²) in [6.45, 7) is 0.939. The lowest BCUT2D eigenvalue weighted by Crippen LogP contribution is -2.08. The van der Waals surface area contributed by atoms with E-state index in [0.717, 1.165) is 6.42 Å². The van der Waals surface area contributed by atoms with Gasteiger partial charge in [0.25, 0.3) is 0 Å². The quantitative estimate of drug-likeness (QED) is 0.558. The summed E-state index contributed by atoms with van der Waals surface area (Å²) in [6.07, 6.45) is 0.896. The van der Waals surface area contributed by atoms with Gasteiger partial charge in [0.1, 0.15) is 5.38 Å². The molecule has 0 radical (unpaired) electrons. The van der Waals surface area contributed by atoms with E-state index in [1.165, 1.54) is 4.88 Å². The Morgan fingerprint density at radius 3 is 3.15 bits per heavy atom. The Morgan fingerprint density at radius 2 is 2.54 bits per heavy atom. The summed E-state index contributed by atoms with van der Waals surface area (Å²) in [5.41, 5.74) is 0. The number of nitriles is 1.